The van der Waals surface area contributed by atoms with E-state index in [9.17, 15) is 18.7 Å². The van der Waals surface area contributed by atoms with E-state index in [1.807, 2.05) is 5.32 Å². The fourth-order valence-electron chi connectivity index (χ4n) is 1.70. The monoisotopic (exact) mass is 296 g/mol. The molecule has 7 heteroatoms. The number of aliphatic hydroxyl groups excluding tert-OH is 1. The van der Waals surface area contributed by atoms with Gasteiger partial charge in [-0.15, -0.1) is 0 Å². The zero-order chi connectivity index (χ0) is 15.4. The number of hydrogen-bond donors (Lipinski definition) is 3. The van der Waals surface area contributed by atoms with Crippen LogP contribution in [0.5, 0.6) is 0 Å². The average Bonchev–Trinajstić information content (AvgIpc) is 2.87. The summed E-state index contributed by atoms with van der Waals surface area (Å²) in [6, 6.07) is 5.67. The number of rotatable bonds is 4. The molecule has 0 aliphatic rings. The highest BCUT2D eigenvalue weighted by atomic mass is 19.1. The lowest BCUT2D eigenvalue weighted by molar-refractivity contribution is 0.148. The molecule has 1 aromatic carbocycles. The van der Waals surface area contributed by atoms with Gasteiger partial charge in [-0.3, -0.25) is 0 Å². The summed E-state index contributed by atoms with van der Waals surface area (Å²) >= 11 is 0. The van der Waals surface area contributed by atoms with E-state index >= 15 is 0 Å². The highest BCUT2D eigenvalue weighted by Gasteiger charge is 2.15. The number of nitrogens with one attached hydrogen (secondary N) is 2. The zero-order valence-corrected chi connectivity index (χ0v) is 11.2. The summed E-state index contributed by atoms with van der Waals surface area (Å²) in [4.78, 5) is 11.6. The number of benzene rings is 1. The number of anilines is 1. The van der Waals surface area contributed by atoms with Crippen molar-refractivity contribution in [2.75, 3.05) is 11.9 Å². The third-order valence-electron chi connectivity index (χ3n) is 2.75. The molecule has 3 N–H and O–H groups in total. The number of carbonyl (C=O) groups excluding carboxylic acids is 1. The quantitative estimate of drug-likeness (QED) is 0.812. The molecule has 1 heterocycles. The Morgan fingerprint density at radius 3 is 2.52 bits per heavy atom. The lowest BCUT2D eigenvalue weighted by Crippen LogP contribution is -2.32. The van der Waals surface area contributed by atoms with Gasteiger partial charge in [0.1, 0.15) is 34.9 Å². The van der Waals surface area contributed by atoms with Crippen molar-refractivity contribution in [2.45, 2.75) is 13.0 Å². The first-order valence-electron chi connectivity index (χ1n) is 6.20. The van der Waals surface area contributed by atoms with Gasteiger partial charge in [-0.2, -0.15) is 0 Å². The van der Waals surface area contributed by atoms with Crippen LogP contribution in [-0.2, 0) is 0 Å². The molecule has 1 atom stereocenters. The summed E-state index contributed by atoms with van der Waals surface area (Å²) in [5.41, 5.74) is -0.543. The molecule has 2 rings (SSSR count). The van der Waals surface area contributed by atoms with Gasteiger partial charge in [-0.05, 0) is 31.2 Å². The maximum Gasteiger partial charge on any atom is 0.319 e. The molecule has 0 spiro atoms. The number of urea groups is 1. The van der Waals surface area contributed by atoms with Gasteiger partial charge in [0.15, 0.2) is 0 Å². The van der Waals surface area contributed by atoms with Crippen LogP contribution < -0.4 is 10.6 Å². The number of para-hydroxylation sites is 1. The second kappa shape index (κ2) is 6.36. The van der Waals surface area contributed by atoms with Crippen LogP contribution in [-0.4, -0.2) is 17.7 Å². The fraction of sp³-hybridized carbons (Fsp3) is 0.214. The second-order valence-electron chi connectivity index (χ2n) is 4.40. The lowest BCUT2D eigenvalue weighted by atomic mass is 10.2. The van der Waals surface area contributed by atoms with Gasteiger partial charge in [-0.25, -0.2) is 13.6 Å². The van der Waals surface area contributed by atoms with E-state index < -0.39 is 29.5 Å². The predicted molar refractivity (Wildman–Crippen MR) is 71.8 cm³/mol. The number of amides is 2. The van der Waals surface area contributed by atoms with Crippen molar-refractivity contribution >= 4 is 11.7 Å². The Bertz CT molecular complexity index is 623. The lowest BCUT2D eigenvalue weighted by Gasteiger charge is -2.11. The summed E-state index contributed by atoms with van der Waals surface area (Å²) in [6.45, 7) is 1.56. The Hall–Kier alpha value is -2.41. The van der Waals surface area contributed by atoms with Crippen LogP contribution in [0, 0.1) is 18.6 Å². The molecule has 0 saturated carbocycles. The number of hydrogen-bond acceptors (Lipinski definition) is 3. The molecule has 0 saturated heterocycles. The Labute approximate surface area is 119 Å². The molecule has 5 nitrogen and oxygen atoms in total. The average molecular weight is 296 g/mol. The Balaban J connectivity index is 1.90. The van der Waals surface area contributed by atoms with Crippen molar-refractivity contribution in [3.63, 3.8) is 0 Å². The molecular weight excluding hydrogens is 282 g/mol. The van der Waals surface area contributed by atoms with Gasteiger partial charge in [0.2, 0.25) is 0 Å². The first-order valence-corrected chi connectivity index (χ1v) is 6.20. The van der Waals surface area contributed by atoms with E-state index in [-0.39, 0.29) is 6.54 Å². The number of carbonyl (C=O) groups is 1. The molecule has 0 fully saturated rings. The normalized spacial score (nSPS) is 12.0. The predicted octanol–water partition coefficient (Wildman–Crippen LogP) is 2.72. The molecule has 0 bridgehead atoms. The van der Waals surface area contributed by atoms with E-state index in [4.69, 9.17) is 4.42 Å². The molecule has 0 unspecified atom stereocenters. The number of furan rings is 1. The fourth-order valence-corrected chi connectivity index (χ4v) is 1.70. The van der Waals surface area contributed by atoms with Crippen molar-refractivity contribution in [1.82, 2.24) is 5.32 Å². The van der Waals surface area contributed by atoms with Crippen LogP contribution in [0.4, 0.5) is 19.3 Å². The molecule has 21 heavy (non-hydrogen) atoms. The minimum Gasteiger partial charge on any atom is -0.464 e. The molecule has 0 radical (unpaired) electrons. The van der Waals surface area contributed by atoms with Crippen LogP contribution in [0.25, 0.3) is 0 Å². The van der Waals surface area contributed by atoms with Crippen LogP contribution in [0.2, 0.25) is 0 Å². The maximum absolute atomic E-state index is 13.3. The smallest absolute Gasteiger partial charge is 0.319 e. The first-order chi connectivity index (χ1) is 9.97. The summed E-state index contributed by atoms with van der Waals surface area (Å²) in [6.07, 6.45) is -1.05. The minimum atomic E-state index is -1.05. The topological polar surface area (TPSA) is 74.5 Å². The number of halogens is 2. The van der Waals surface area contributed by atoms with E-state index in [0.717, 1.165) is 12.1 Å². The van der Waals surface area contributed by atoms with E-state index in [1.165, 1.54) is 6.07 Å². The van der Waals surface area contributed by atoms with E-state index in [0.29, 0.717) is 11.5 Å². The summed E-state index contributed by atoms with van der Waals surface area (Å²) in [5.74, 6) is -0.841. The summed E-state index contributed by atoms with van der Waals surface area (Å²) in [5, 5.41) is 14.1. The van der Waals surface area contributed by atoms with Crippen LogP contribution >= 0.6 is 0 Å². The largest absolute Gasteiger partial charge is 0.464 e. The van der Waals surface area contributed by atoms with Crippen molar-refractivity contribution in [2.24, 2.45) is 0 Å². The van der Waals surface area contributed by atoms with E-state index in [2.05, 4.69) is 5.32 Å². The zero-order valence-electron chi connectivity index (χ0n) is 11.2. The van der Waals surface area contributed by atoms with Crippen molar-refractivity contribution in [1.29, 1.82) is 0 Å². The van der Waals surface area contributed by atoms with Gasteiger partial charge in [-0.1, -0.05) is 6.07 Å². The Morgan fingerprint density at radius 2 is 1.95 bits per heavy atom. The molecule has 2 amide bonds. The number of aryl methyl sites for hydroxylation is 1. The summed E-state index contributed by atoms with van der Waals surface area (Å²) in [7, 11) is 0. The van der Waals surface area contributed by atoms with E-state index in [1.54, 1.807) is 19.1 Å². The first kappa shape index (κ1) is 15.0. The van der Waals surface area contributed by atoms with Gasteiger partial charge in [0, 0.05) is 0 Å². The standard InChI is InChI=1S/C14H14F2N2O3/c1-8-5-6-12(21-8)11(19)7-17-14(20)18-13-9(15)3-2-4-10(13)16/h2-6,11,19H,7H2,1H3,(H2,17,18,20)/t11-/m1/s1. The number of aliphatic hydroxyl groups is 1. The van der Waals surface area contributed by atoms with Crippen molar-refractivity contribution in [3.8, 4) is 0 Å². The molecule has 0 aliphatic carbocycles. The van der Waals surface area contributed by atoms with Crippen molar-refractivity contribution < 1.29 is 23.1 Å². The minimum absolute atomic E-state index is 0.158. The molecule has 112 valence electrons. The third kappa shape index (κ3) is 3.79. The maximum atomic E-state index is 13.3. The van der Waals surface area contributed by atoms with Crippen LogP contribution in [0.3, 0.4) is 0 Å². The van der Waals surface area contributed by atoms with Gasteiger partial charge in [0.05, 0.1) is 6.54 Å². The SMILES string of the molecule is Cc1ccc([C@H](O)CNC(=O)Nc2c(F)cccc2F)o1. The van der Waals surface area contributed by atoms with Gasteiger partial charge < -0.3 is 20.2 Å². The second-order valence-corrected chi connectivity index (χ2v) is 4.40. The molecular formula is C14H14F2N2O3. The highest BCUT2D eigenvalue weighted by molar-refractivity contribution is 5.89. The van der Waals surface area contributed by atoms with Crippen molar-refractivity contribution in [3.05, 3.63) is 53.5 Å². The molecule has 1 aromatic heterocycles. The van der Waals surface area contributed by atoms with Crippen LogP contribution in [0.15, 0.2) is 34.7 Å². The molecule has 2 aromatic rings. The third-order valence-corrected chi connectivity index (χ3v) is 2.75. The van der Waals surface area contributed by atoms with Crippen LogP contribution in [0.1, 0.15) is 17.6 Å². The van der Waals surface area contributed by atoms with Gasteiger partial charge in [0.25, 0.3) is 0 Å². The summed E-state index contributed by atoms with van der Waals surface area (Å²) < 4.78 is 31.9. The van der Waals surface area contributed by atoms with Gasteiger partial charge >= 0.3 is 6.03 Å². The highest BCUT2D eigenvalue weighted by Crippen LogP contribution is 2.18. The Morgan fingerprint density at radius 1 is 1.29 bits per heavy atom. The molecule has 0 aliphatic heterocycles. The Kier molecular flexibility index (Phi) is 4.54.